The molecule has 126 valence electrons. The Hall–Kier alpha value is -0.980. The van der Waals surface area contributed by atoms with Gasteiger partial charge in [0, 0.05) is 6.54 Å². The van der Waals surface area contributed by atoms with Crippen molar-refractivity contribution in [2.24, 2.45) is 5.73 Å². The Bertz CT molecular complexity index is 472. The molecule has 0 heterocycles. The molecule has 1 amide bonds. The summed E-state index contributed by atoms with van der Waals surface area (Å²) < 4.78 is 11.4. The molecule has 0 aliphatic carbocycles. The van der Waals surface area contributed by atoms with Gasteiger partial charge in [0.05, 0.1) is 11.6 Å². The number of carbonyl (C=O) groups is 1. The highest BCUT2D eigenvalue weighted by Gasteiger charge is 2.12. The number of halogens is 2. The van der Waals surface area contributed by atoms with E-state index in [0.29, 0.717) is 11.5 Å². The lowest BCUT2D eigenvalue weighted by Gasteiger charge is -2.14. The second kappa shape index (κ2) is 11.6. The van der Waals surface area contributed by atoms with Crippen LogP contribution in [0.3, 0.4) is 0 Å². The maximum atomic E-state index is 10.8. The average Bonchev–Trinajstić information content (AvgIpc) is 2.45. The van der Waals surface area contributed by atoms with Crippen molar-refractivity contribution in [2.75, 3.05) is 20.3 Å². The minimum atomic E-state index is -0.523. The number of hydrogen-bond acceptors (Lipinski definition) is 4. The highest BCUT2D eigenvalue weighted by Crippen LogP contribution is 2.36. The molecular formula is C15H24BrClN2O3. The molecule has 0 bridgehead atoms. The van der Waals surface area contributed by atoms with Crippen molar-refractivity contribution in [3.63, 3.8) is 0 Å². The van der Waals surface area contributed by atoms with E-state index in [0.717, 1.165) is 23.1 Å². The topological polar surface area (TPSA) is 73.6 Å². The van der Waals surface area contributed by atoms with E-state index < -0.39 is 5.91 Å². The van der Waals surface area contributed by atoms with Crippen LogP contribution >= 0.6 is 28.3 Å². The summed E-state index contributed by atoms with van der Waals surface area (Å²) in [5.41, 5.74) is 6.17. The minimum absolute atomic E-state index is 0. The van der Waals surface area contributed by atoms with Crippen LogP contribution in [0, 0.1) is 0 Å². The van der Waals surface area contributed by atoms with Gasteiger partial charge in [0.15, 0.2) is 18.1 Å². The molecule has 0 radical (unpaired) electrons. The first kappa shape index (κ1) is 21.0. The Labute approximate surface area is 146 Å². The first-order chi connectivity index (χ1) is 10.1. The van der Waals surface area contributed by atoms with Crippen LogP contribution in [0.2, 0.25) is 0 Å². The van der Waals surface area contributed by atoms with Crippen LogP contribution in [0.5, 0.6) is 11.5 Å². The number of nitrogens with two attached hydrogens (primary N) is 1. The second-order valence-corrected chi connectivity index (χ2v) is 5.60. The molecule has 22 heavy (non-hydrogen) atoms. The minimum Gasteiger partial charge on any atom is -0.493 e. The number of ether oxygens (including phenoxy) is 2. The Morgan fingerprint density at radius 3 is 2.68 bits per heavy atom. The van der Waals surface area contributed by atoms with Gasteiger partial charge in [-0.05, 0) is 46.6 Å². The van der Waals surface area contributed by atoms with Gasteiger partial charge in [0.1, 0.15) is 0 Å². The third kappa shape index (κ3) is 7.33. The molecule has 0 unspecified atom stereocenters. The van der Waals surface area contributed by atoms with Crippen molar-refractivity contribution >= 4 is 34.2 Å². The average molecular weight is 396 g/mol. The summed E-state index contributed by atoms with van der Waals surface area (Å²) >= 11 is 3.44. The molecule has 0 fully saturated rings. The monoisotopic (exact) mass is 394 g/mol. The zero-order chi connectivity index (χ0) is 15.7. The normalized spacial score (nSPS) is 9.95. The van der Waals surface area contributed by atoms with Crippen molar-refractivity contribution < 1.29 is 14.3 Å². The fraction of sp³-hybridized carbons (Fsp3) is 0.533. The van der Waals surface area contributed by atoms with Gasteiger partial charge in [-0.2, -0.15) is 0 Å². The van der Waals surface area contributed by atoms with Crippen LogP contribution in [-0.4, -0.2) is 26.2 Å². The summed E-state index contributed by atoms with van der Waals surface area (Å²) in [6, 6.07) is 3.85. The smallest absolute Gasteiger partial charge is 0.255 e. The number of nitrogens with one attached hydrogen (secondary N) is 1. The first-order valence-corrected chi connectivity index (χ1v) is 7.86. The molecule has 1 aromatic rings. The van der Waals surface area contributed by atoms with E-state index in [2.05, 4.69) is 28.2 Å². The largest absolute Gasteiger partial charge is 0.493 e. The van der Waals surface area contributed by atoms with Gasteiger partial charge in [-0.15, -0.1) is 12.4 Å². The Balaban J connectivity index is 0.00000441. The molecule has 0 aliphatic rings. The summed E-state index contributed by atoms with van der Waals surface area (Å²) in [4.78, 5) is 10.8. The van der Waals surface area contributed by atoms with Crippen molar-refractivity contribution in [3.05, 3.63) is 22.2 Å². The van der Waals surface area contributed by atoms with E-state index in [1.54, 1.807) is 7.11 Å². The molecule has 1 aromatic carbocycles. The van der Waals surface area contributed by atoms with Gasteiger partial charge in [-0.25, -0.2) is 0 Å². The molecule has 0 atom stereocenters. The molecular weight excluding hydrogens is 372 g/mol. The van der Waals surface area contributed by atoms with E-state index in [1.165, 1.54) is 19.3 Å². The van der Waals surface area contributed by atoms with Crippen molar-refractivity contribution in [3.8, 4) is 11.5 Å². The van der Waals surface area contributed by atoms with Gasteiger partial charge < -0.3 is 20.5 Å². The number of methoxy groups -OCH3 is 1. The summed E-state index contributed by atoms with van der Waals surface area (Å²) in [6.45, 7) is 3.76. The third-order valence-electron chi connectivity index (χ3n) is 2.93. The van der Waals surface area contributed by atoms with Crippen LogP contribution < -0.4 is 20.5 Å². The maximum Gasteiger partial charge on any atom is 0.255 e. The lowest BCUT2D eigenvalue weighted by molar-refractivity contribution is -0.119. The fourth-order valence-electron chi connectivity index (χ4n) is 1.89. The standard InChI is InChI=1S/C15H23BrN2O3.ClH/c1-3-4-5-6-18-9-11-7-12(16)15(13(8-11)20-2)21-10-14(17)19;/h7-8,18H,3-6,9-10H2,1-2H3,(H2,17,19);1H. The van der Waals surface area contributed by atoms with Gasteiger partial charge in [-0.1, -0.05) is 19.8 Å². The van der Waals surface area contributed by atoms with Gasteiger partial charge in [0.25, 0.3) is 5.91 Å². The lowest BCUT2D eigenvalue weighted by Crippen LogP contribution is -2.20. The molecule has 0 aliphatic heterocycles. The number of hydrogen-bond donors (Lipinski definition) is 2. The zero-order valence-corrected chi connectivity index (χ0v) is 15.4. The number of rotatable bonds is 10. The predicted molar refractivity (Wildman–Crippen MR) is 93.9 cm³/mol. The van der Waals surface area contributed by atoms with Crippen LogP contribution in [0.1, 0.15) is 31.7 Å². The first-order valence-electron chi connectivity index (χ1n) is 7.06. The summed E-state index contributed by atoms with van der Waals surface area (Å²) in [7, 11) is 1.57. The number of unbranched alkanes of at least 4 members (excludes halogenated alkanes) is 2. The molecule has 5 nitrogen and oxygen atoms in total. The predicted octanol–water partition coefficient (Wildman–Crippen LogP) is 3.02. The fourth-order valence-corrected chi connectivity index (χ4v) is 2.50. The molecule has 0 saturated carbocycles. The van der Waals surface area contributed by atoms with E-state index in [1.807, 2.05) is 12.1 Å². The van der Waals surface area contributed by atoms with Crippen LogP contribution in [-0.2, 0) is 11.3 Å². The SMILES string of the molecule is CCCCCNCc1cc(Br)c(OCC(N)=O)c(OC)c1.Cl. The van der Waals surface area contributed by atoms with Crippen LogP contribution in [0.25, 0.3) is 0 Å². The maximum absolute atomic E-state index is 10.8. The Morgan fingerprint density at radius 2 is 2.09 bits per heavy atom. The van der Waals surface area contributed by atoms with Crippen molar-refractivity contribution in [2.45, 2.75) is 32.7 Å². The quantitative estimate of drug-likeness (QED) is 0.597. The van der Waals surface area contributed by atoms with E-state index in [4.69, 9.17) is 15.2 Å². The van der Waals surface area contributed by atoms with E-state index in [9.17, 15) is 4.79 Å². The number of primary amides is 1. The zero-order valence-electron chi connectivity index (χ0n) is 13.0. The molecule has 0 saturated heterocycles. The van der Waals surface area contributed by atoms with Gasteiger partial charge >= 0.3 is 0 Å². The molecule has 3 N–H and O–H groups in total. The molecule has 0 aromatic heterocycles. The number of amides is 1. The van der Waals surface area contributed by atoms with E-state index in [-0.39, 0.29) is 19.0 Å². The second-order valence-electron chi connectivity index (χ2n) is 4.75. The van der Waals surface area contributed by atoms with Gasteiger partial charge in [-0.3, -0.25) is 4.79 Å². The van der Waals surface area contributed by atoms with Crippen LogP contribution in [0.15, 0.2) is 16.6 Å². The van der Waals surface area contributed by atoms with E-state index >= 15 is 0 Å². The highest BCUT2D eigenvalue weighted by atomic mass is 79.9. The van der Waals surface area contributed by atoms with Crippen LogP contribution in [0.4, 0.5) is 0 Å². The summed E-state index contributed by atoms with van der Waals surface area (Å²) in [5.74, 6) is 0.549. The van der Waals surface area contributed by atoms with Crippen molar-refractivity contribution in [1.82, 2.24) is 5.32 Å². The highest BCUT2D eigenvalue weighted by molar-refractivity contribution is 9.10. The van der Waals surface area contributed by atoms with Crippen molar-refractivity contribution in [1.29, 1.82) is 0 Å². The van der Waals surface area contributed by atoms with Gasteiger partial charge in [0.2, 0.25) is 0 Å². The molecule has 1 rings (SSSR count). The number of carbonyl (C=O) groups excluding carboxylic acids is 1. The lowest BCUT2D eigenvalue weighted by atomic mass is 10.2. The summed E-state index contributed by atoms with van der Waals surface area (Å²) in [5, 5.41) is 3.39. The Morgan fingerprint density at radius 1 is 1.36 bits per heavy atom. The Kier molecular flexibility index (Phi) is 11.1. The molecule has 0 spiro atoms. The number of benzene rings is 1. The molecule has 7 heteroatoms. The third-order valence-corrected chi connectivity index (χ3v) is 3.52. The summed E-state index contributed by atoms with van der Waals surface area (Å²) in [6.07, 6.45) is 3.63.